The third-order valence-corrected chi connectivity index (χ3v) is 4.35. The number of carbonyl (C=O) groups is 1. The number of aliphatic hydroxyl groups excluding tert-OH is 1. The van der Waals surface area contributed by atoms with Crippen molar-refractivity contribution in [3.05, 3.63) is 56.4 Å². The van der Waals surface area contributed by atoms with E-state index in [0.717, 1.165) is 9.13 Å². The highest BCUT2D eigenvalue weighted by Crippen LogP contribution is 2.30. The van der Waals surface area contributed by atoms with Gasteiger partial charge >= 0.3 is 0 Å². The van der Waals surface area contributed by atoms with E-state index in [4.69, 9.17) is 9.94 Å². The molecule has 0 aliphatic rings. The van der Waals surface area contributed by atoms with Crippen molar-refractivity contribution in [2.75, 3.05) is 18.5 Å². The molecule has 0 saturated carbocycles. The van der Waals surface area contributed by atoms with Crippen LogP contribution in [0.1, 0.15) is 28.8 Å². The van der Waals surface area contributed by atoms with Crippen molar-refractivity contribution < 1.29 is 27.9 Å². The fourth-order valence-electron chi connectivity index (χ4n) is 2.26. The first-order valence-corrected chi connectivity index (χ1v) is 9.16. The van der Waals surface area contributed by atoms with Gasteiger partial charge in [-0.25, -0.2) is 18.7 Å². The van der Waals surface area contributed by atoms with E-state index in [2.05, 4.69) is 33.4 Å². The van der Waals surface area contributed by atoms with Gasteiger partial charge in [0.15, 0.2) is 17.5 Å². The van der Waals surface area contributed by atoms with E-state index in [-0.39, 0.29) is 13.2 Å². The molecule has 0 saturated heterocycles. The second-order valence-electron chi connectivity index (χ2n) is 5.70. The van der Waals surface area contributed by atoms with Crippen molar-refractivity contribution in [2.45, 2.75) is 19.8 Å². The maximum atomic E-state index is 14.3. The molecule has 0 aliphatic heterocycles. The Morgan fingerprint density at radius 2 is 1.93 bits per heavy atom. The van der Waals surface area contributed by atoms with E-state index in [1.807, 2.05) is 6.07 Å². The number of carbonyl (C=O) groups excluding carboxylic acids is 1. The second-order valence-corrected chi connectivity index (χ2v) is 6.95. The van der Waals surface area contributed by atoms with Crippen LogP contribution >= 0.6 is 22.6 Å². The van der Waals surface area contributed by atoms with E-state index in [0.29, 0.717) is 24.6 Å². The quantitative estimate of drug-likeness (QED) is 0.223. The molecule has 1 amide bonds. The summed E-state index contributed by atoms with van der Waals surface area (Å²) in [6.07, 6.45) is 0.963. The molecule has 2 aromatic rings. The van der Waals surface area contributed by atoms with Gasteiger partial charge in [0, 0.05) is 15.9 Å². The maximum absolute atomic E-state index is 14.3. The van der Waals surface area contributed by atoms with Gasteiger partial charge in [0.2, 0.25) is 0 Å². The van der Waals surface area contributed by atoms with Gasteiger partial charge in [-0.15, -0.1) is 0 Å². The predicted octanol–water partition coefficient (Wildman–Crippen LogP) is 4.19. The summed E-state index contributed by atoms with van der Waals surface area (Å²) in [7, 11) is 0. The zero-order valence-corrected chi connectivity index (χ0v) is 16.6. The molecule has 9 heteroatoms. The number of aryl methyl sites for hydroxylation is 1. The van der Waals surface area contributed by atoms with Crippen LogP contribution in [0.3, 0.4) is 0 Å². The van der Waals surface area contributed by atoms with Crippen LogP contribution in [0.5, 0.6) is 0 Å². The van der Waals surface area contributed by atoms with Crippen molar-refractivity contribution in [1.82, 2.24) is 5.48 Å². The molecule has 2 rings (SSSR count). The van der Waals surface area contributed by atoms with Gasteiger partial charge in [0.1, 0.15) is 0 Å². The van der Waals surface area contributed by atoms with Crippen LogP contribution < -0.4 is 10.8 Å². The first-order valence-electron chi connectivity index (χ1n) is 8.08. The number of rotatable bonds is 8. The SMILES string of the molecule is Cc1cc(I)ccc1Nc1c(C(=O)NOCCCCO)cc(F)c(F)c1F. The Morgan fingerprint density at radius 1 is 1.19 bits per heavy atom. The number of hydroxylamine groups is 1. The molecule has 5 nitrogen and oxygen atoms in total. The highest BCUT2D eigenvalue weighted by molar-refractivity contribution is 14.1. The van der Waals surface area contributed by atoms with Crippen molar-refractivity contribution in [3.63, 3.8) is 0 Å². The number of halogens is 4. The minimum absolute atomic E-state index is 0.0187. The van der Waals surface area contributed by atoms with Gasteiger partial charge in [-0.3, -0.25) is 9.63 Å². The van der Waals surface area contributed by atoms with Crippen molar-refractivity contribution in [2.24, 2.45) is 0 Å². The normalized spacial score (nSPS) is 10.7. The van der Waals surface area contributed by atoms with Crippen LogP contribution in [-0.2, 0) is 4.84 Å². The zero-order chi connectivity index (χ0) is 20.0. The smallest absolute Gasteiger partial charge is 0.277 e. The van der Waals surface area contributed by atoms with Crippen molar-refractivity contribution in [1.29, 1.82) is 0 Å². The lowest BCUT2D eigenvalue weighted by Gasteiger charge is -2.16. The van der Waals surface area contributed by atoms with Crippen LogP contribution in [0, 0.1) is 27.9 Å². The fraction of sp³-hybridized carbons (Fsp3) is 0.278. The topological polar surface area (TPSA) is 70.6 Å². The van der Waals surface area contributed by atoms with Gasteiger partial charge in [-0.2, -0.15) is 0 Å². The monoisotopic (exact) mass is 494 g/mol. The van der Waals surface area contributed by atoms with Crippen LogP contribution in [0.2, 0.25) is 0 Å². The van der Waals surface area contributed by atoms with Crippen LogP contribution in [0.15, 0.2) is 24.3 Å². The van der Waals surface area contributed by atoms with Gasteiger partial charge in [0.05, 0.1) is 17.9 Å². The summed E-state index contributed by atoms with van der Waals surface area (Å²) in [6, 6.07) is 5.81. The molecule has 0 atom stereocenters. The van der Waals surface area contributed by atoms with Crippen LogP contribution in [0.25, 0.3) is 0 Å². The molecular weight excluding hydrogens is 476 g/mol. The summed E-state index contributed by atoms with van der Waals surface area (Å²) in [5.74, 6) is -5.59. The largest absolute Gasteiger partial charge is 0.396 e. The summed E-state index contributed by atoms with van der Waals surface area (Å²) in [6.45, 7) is 1.85. The second kappa shape index (κ2) is 9.90. The maximum Gasteiger partial charge on any atom is 0.277 e. The minimum atomic E-state index is -1.68. The van der Waals surface area contributed by atoms with Gasteiger partial charge in [-0.05, 0) is 72.2 Å². The molecular formula is C18H18F3IN2O3. The van der Waals surface area contributed by atoms with Crippen LogP contribution in [-0.4, -0.2) is 24.2 Å². The molecule has 0 aromatic heterocycles. The van der Waals surface area contributed by atoms with E-state index >= 15 is 0 Å². The molecule has 0 fully saturated rings. The Kier molecular flexibility index (Phi) is 7.87. The van der Waals surface area contributed by atoms with Gasteiger partial charge < -0.3 is 10.4 Å². The number of hydrogen-bond acceptors (Lipinski definition) is 4. The average molecular weight is 494 g/mol. The third-order valence-electron chi connectivity index (χ3n) is 3.67. The fourth-order valence-corrected chi connectivity index (χ4v) is 2.90. The summed E-state index contributed by atoms with van der Waals surface area (Å²) in [5, 5.41) is 11.3. The molecule has 0 heterocycles. The van der Waals surface area contributed by atoms with Crippen molar-refractivity contribution >= 4 is 39.9 Å². The third kappa shape index (κ3) is 5.56. The van der Waals surface area contributed by atoms with E-state index in [1.54, 1.807) is 19.1 Å². The Balaban J connectivity index is 2.29. The highest BCUT2D eigenvalue weighted by atomic mass is 127. The average Bonchev–Trinajstić information content (AvgIpc) is 2.63. The lowest BCUT2D eigenvalue weighted by Crippen LogP contribution is -2.26. The number of anilines is 2. The molecule has 0 spiro atoms. The summed E-state index contributed by atoms with van der Waals surface area (Å²) < 4.78 is 42.6. The highest BCUT2D eigenvalue weighted by Gasteiger charge is 2.23. The molecule has 0 aliphatic carbocycles. The molecule has 0 unspecified atom stereocenters. The van der Waals surface area contributed by atoms with E-state index < -0.39 is 34.6 Å². The number of nitrogens with one attached hydrogen (secondary N) is 2. The van der Waals surface area contributed by atoms with Crippen LogP contribution in [0.4, 0.5) is 24.5 Å². The molecule has 27 heavy (non-hydrogen) atoms. The Morgan fingerprint density at radius 3 is 2.59 bits per heavy atom. The van der Waals surface area contributed by atoms with E-state index in [9.17, 15) is 18.0 Å². The Hall–Kier alpha value is -1.85. The summed E-state index contributed by atoms with van der Waals surface area (Å²) in [5.41, 5.74) is 2.31. The molecule has 146 valence electrons. The predicted molar refractivity (Wildman–Crippen MR) is 103 cm³/mol. The molecule has 0 radical (unpaired) electrons. The number of benzene rings is 2. The van der Waals surface area contributed by atoms with Crippen molar-refractivity contribution in [3.8, 4) is 0 Å². The number of amides is 1. The zero-order valence-electron chi connectivity index (χ0n) is 14.4. The van der Waals surface area contributed by atoms with Gasteiger partial charge in [0.25, 0.3) is 5.91 Å². The lowest BCUT2D eigenvalue weighted by molar-refractivity contribution is 0.0288. The number of hydrogen-bond donors (Lipinski definition) is 3. The number of aliphatic hydroxyl groups is 1. The molecule has 3 N–H and O–H groups in total. The lowest BCUT2D eigenvalue weighted by atomic mass is 10.1. The number of unbranched alkanes of at least 4 members (excludes halogenated alkanes) is 1. The van der Waals surface area contributed by atoms with E-state index in [1.165, 1.54) is 0 Å². The summed E-state index contributed by atoms with van der Waals surface area (Å²) in [4.78, 5) is 17.2. The Bertz CT molecular complexity index is 834. The summed E-state index contributed by atoms with van der Waals surface area (Å²) >= 11 is 2.10. The molecule has 0 bridgehead atoms. The van der Waals surface area contributed by atoms with Gasteiger partial charge in [-0.1, -0.05) is 0 Å². The Labute approximate surface area is 168 Å². The minimum Gasteiger partial charge on any atom is -0.396 e. The first-order chi connectivity index (χ1) is 12.8. The first kappa shape index (κ1) is 21.5. The molecule has 2 aromatic carbocycles. The standard InChI is InChI=1S/C18H18F3IN2O3/c1-10-8-11(22)4-5-14(10)23-17-12(9-13(19)15(20)16(17)21)18(26)24-27-7-3-2-6-25/h4-5,8-9,23,25H,2-3,6-7H2,1H3,(H,24,26).